The van der Waals surface area contributed by atoms with E-state index in [0.29, 0.717) is 10.3 Å². The first-order valence-electron chi connectivity index (χ1n) is 7.19. The molecule has 0 aliphatic carbocycles. The topological polar surface area (TPSA) is 58.2 Å². The van der Waals surface area contributed by atoms with Crippen LogP contribution in [0.1, 0.15) is 45.4 Å². The summed E-state index contributed by atoms with van der Waals surface area (Å²) in [6.07, 6.45) is 2.69. The molecular weight excluding hydrogens is 292 g/mol. The highest BCUT2D eigenvalue weighted by Crippen LogP contribution is 2.22. The first-order chi connectivity index (χ1) is 9.35. The highest BCUT2D eigenvalue weighted by Gasteiger charge is 2.19. The second kappa shape index (κ2) is 8.12. The maximum Gasteiger partial charge on any atom is 0.250 e. The SMILES string of the molecule is CCCC(C)NS(=O)(=O)c1ccc(CCNC(C)C)s1. The molecule has 1 atom stereocenters. The van der Waals surface area contributed by atoms with Crippen LogP contribution in [0.4, 0.5) is 0 Å². The normalized spacial score (nSPS) is 13.8. The molecule has 1 aromatic heterocycles. The van der Waals surface area contributed by atoms with E-state index in [1.54, 1.807) is 6.07 Å². The Bertz CT molecular complexity index is 495. The lowest BCUT2D eigenvalue weighted by atomic mass is 10.2. The van der Waals surface area contributed by atoms with Gasteiger partial charge in [-0.05, 0) is 31.9 Å². The number of hydrogen-bond donors (Lipinski definition) is 2. The van der Waals surface area contributed by atoms with E-state index in [-0.39, 0.29) is 6.04 Å². The largest absolute Gasteiger partial charge is 0.314 e. The Morgan fingerprint density at radius 1 is 1.25 bits per heavy atom. The van der Waals surface area contributed by atoms with Crippen molar-refractivity contribution in [3.8, 4) is 0 Å². The average Bonchev–Trinajstić information content (AvgIpc) is 2.77. The van der Waals surface area contributed by atoms with Crippen molar-refractivity contribution in [2.45, 2.75) is 63.3 Å². The molecule has 1 heterocycles. The predicted octanol–water partition coefficient (Wildman–Crippen LogP) is 2.76. The van der Waals surface area contributed by atoms with Crippen molar-refractivity contribution in [3.63, 3.8) is 0 Å². The third kappa shape index (κ3) is 5.91. The van der Waals surface area contributed by atoms with Crippen molar-refractivity contribution < 1.29 is 8.42 Å². The minimum Gasteiger partial charge on any atom is -0.314 e. The lowest BCUT2D eigenvalue weighted by Gasteiger charge is -2.11. The number of nitrogens with one attached hydrogen (secondary N) is 2. The average molecular weight is 319 g/mol. The summed E-state index contributed by atoms with van der Waals surface area (Å²) < 4.78 is 27.5. The molecule has 0 radical (unpaired) electrons. The van der Waals surface area contributed by atoms with Gasteiger partial charge in [0.1, 0.15) is 4.21 Å². The van der Waals surface area contributed by atoms with Crippen molar-refractivity contribution >= 4 is 21.4 Å². The summed E-state index contributed by atoms with van der Waals surface area (Å²) >= 11 is 1.36. The maximum absolute atomic E-state index is 12.2. The van der Waals surface area contributed by atoms with Gasteiger partial charge < -0.3 is 5.32 Å². The zero-order valence-electron chi connectivity index (χ0n) is 12.8. The van der Waals surface area contributed by atoms with E-state index in [9.17, 15) is 8.42 Å². The van der Waals surface area contributed by atoms with Gasteiger partial charge in [0.15, 0.2) is 0 Å². The van der Waals surface area contributed by atoms with Crippen LogP contribution in [-0.2, 0) is 16.4 Å². The minimum absolute atomic E-state index is 0.0156. The Balaban J connectivity index is 2.61. The van der Waals surface area contributed by atoms with Crippen molar-refractivity contribution in [1.82, 2.24) is 10.0 Å². The second-order valence-electron chi connectivity index (χ2n) is 5.39. The van der Waals surface area contributed by atoms with Crippen LogP contribution in [0.15, 0.2) is 16.3 Å². The molecule has 0 spiro atoms. The molecule has 0 bridgehead atoms. The minimum atomic E-state index is -3.35. The standard InChI is InChI=1S/C14H26N2O2S2/c1-5-6-12(4)16-20(17,18)14-8-7-13(19-14)9-10-15-11(2)3/h7-8,11-12,15-16H,5-6,9-10H2,1-4H3. The summed E-state index contributed by atoms with van der Waals surface area (Å²) in [5, 5.41) is 3.33. The Kier molecular flexibility index (Phi) is 7.15. The molecule has 20 heavy (non-hydrogen) atoms. The second-order valence-corrected chi connectivity index (χ2v) is 8.50. The van der Waals surface area contributed by atoms with E-state index >= 15 is 0 Å². The third-order valence-electron chi connectivity index (χ3n) is 2.90. The molecule has 0 aliphatic heterocycles. The molecule has 0 aliphatic rings. The lowest BCUT2D eigenvalue weighted by Crippen LogP contribution is -2.31. The zero-order chi connectivity index (χ0) is 15.2. The van der Waals surface area contributed by atoms with Gasteiger partial charge in [-0.15, -0.1) is 11.3 Å². The fourth-order valence-corrected chi connectivity index (χ4v) is 4.59. The van der Waals surface area contributed by atoms with E-state index in [2.05, 4.69) is 30.8 Å². The van der Waals surface area contributed by atoms with Crippen LogP contribution < -0.4 is 10.0 Å². The number of sulfonamides is 1. The van der Waals surface area contributed by atoms with Crippen LogP contribution in [0.25, 0.3) is 0 Å². The van der Waals surface area contributed by atoms with Crippen molar-refractivity contribution in [2.75, 3.05) is 6.54 Å². The number of rotatable bonds is 9. The Morgan fingerprint density at radius 3 is 2.55 bits per heavy atom. The molecule has 6 heteroatoms. The highest BCUT2D eigenvalue weighted by atomic mass is 32.2. The van der Waals surface area contributed by atoms with E-state index in [1.807, 2.05) is 13.0 Å². The fraction of sp³-hybridized carbons (Fsp3) is 0.714. The summed E-state index contributed by atoms with van der Waals surface area (Å²) in [7, 11) is -3.35. The molecule has 1 unspecified atom stereocenters. The molecule has 0 saturated heterocycles. The molecule has 4 nitrogen and oxygen atoms in total. The zero-order valence-corrected chi connectivity index (χ0v) is 14.4. The number of hydrogen-bond acceptors (Lipinski definition) is 4. The summed E-state index contributed by atoms with van der Waals surface area (Å²) in [5.41, 5.74) is 0. The van der Waals surface area contributed by atoms with Crippen molar-refractivity contribution in [1.29, 1.82) is 0 Å². The van der Waals surface area contributed by atoms with Gasteiger partial charge in [-0.3, -0.25) is 0 Å². The van der Waals surface area contributed by atoms with Gasteiger partial charge in [0, 0.05) is 23.5 Å². The number of thiophene rings is 1. The first kappa shape index (κ1) is 17.6. The quantitative estimate of drug-likeness (QED) is 0.736. The van der Waals surface area contributed by atoms with E-state index in [0.717, 1.165) is 30.7 Å². The Morgan fingerprint density at radius 2 is 1.95 bits per heavy atom. The highest BCUT2D eigenvalue weighted by molar-refractivity contribution is 7.91. The molecule has 1 rings (SSSR count). The molecule has 1 aromatic rings. The predicted molar refractivity (Wildman–Crippen MR) is 85.9 cm³/mol. The summed E-state index contributed by atoms with van der Waals surface area (Å²) in [6.45, 7) is 9.03. The van der Waals surface area contributed by atoms with E-state index < -0.39 is 10.0 Å². The van der Waals surface area contributed by atoms with Crippen LogP contribution in [0.2, 0.25) is 0 Å². The monoisotopic (exact) mass is 318 g/mol. The van der Waals surface area contributed by atoms with Crippen LogP contribution in [0, 0.1) is 0 Å². The van der Waals surface area contributed by atoms with Crippen molar-refractivity contribution in [3.05, 3.63) is 17.0 Å². The Hall–Kier alpha value is -0.430. The molecular formula is C14H26N2O2S2. The van der Waals surface area contributed by atoms with Crippen LogP contribution in [-0.4, -0.2) is 27.0 Å². The van der Waals surface area contributed by atoms with Gasteiger partial charge in [-0.2, -0.15) is 0 Å². The Labute approximate surface area is 127 Å². The van der Waals surface area contributed by atoms with Gasteiger partial charge in [-0.1, -0.05) is 27.2 Å². The first-order valence-corrected chi connectivity index (χ1v) is 9.49. The van der Waals surface area contributed by atoms with Gasteiger partial charge in [0.25, 0.3) is 0 Å². The maximum atomic E-state index is 12.2. The molecule has 2 N–H and O–H groups in total. The molecule has 0 fully saturated rings. The summed E-state index contributed by atoms with van der Waals surface area (Å²) in [5.74, 6) is 0. The lowest BCUT2D eigenvalue weighted by molar-refractivity contribution is 0.545. The van der Waals surface area contributed by atoms with Crippen LogP contribution in [0.3, 0.4) is 0 Å². The summed E-state index contributed by atoms with van der Waals surface area (Å²) in [6, 6.07) is 4.05. The summed E-state index contributed by atoms with van der Waals surface area (Å²) in [4.78, 5) is 1.10. The molecule has 0 saturated carbocycles. The van der Waals surface area contributed by atoms with Crippen molar-refractivity contribution in [2.24, 2.45) is 0 Å². The van der Waals surface area contributed by atoms with Crippen LogP contribution in [0.5, 0.6) is 0 Å². The molecule has 0 amide bonds. The van der Waals surface area contributed by atoms with Gasteiger partial charge in [0.2, 0.25) is 10.0 Å². The molecule has 116 valence electrons. The van der Waals surface area contributed by atoms with E-state index in [1.165, 1.54) is 11.3 Å². The molecule has 0 aromatic carbocycles. The van der Waals surface area contributed by atoms with Gasteiger partial charge in [0.05, 0.1) is 0 Å². The van der Waals surface area contributed by atoms with Gasteiger partial charge >= 0.3 is 0 Å². The van der Waals surface area contributed by atoms with Gasteiger partial charge in [-0.25, -0.2) is 13.1 Å². The smallest absolute Gasteiger partial charge is 0.250 e. The van der Waals surface area contributed by atoms with E-state index in [4.69, 9.17) is 0 Å². The fourth-order valence-electron chi connectivity index (χ4n) is 1.94. The van der Waals surface area contributed by atoms with Crippen LogP contribution >= 0.6 is 11.3 Å². The third-order valence-corrected chi connectivity index (χ3v) is 6.13.